The van der Waals surface area contributed by atoms with Gasteiger partial charge in [0.25, 0.3) is 5.91 Å². The number of nitrogens with one attached hydrogen (secondary N) is 2. The molecule has 1 aliphatic carbocycles. The third-order valence-corrected chi connectivity index (χ3v) is 9.70. The number of benzene rings is 2. The first-order chi connectivity index (χ1) is 25.9. The van der Waals surface area contributed by atoms with Crippen LogP contribution in [-0.2, 0) is 17.8 Å². The molecule has 12 nitrogen and oxygen atoms in total. The van der Waals surface area contributed by atoms with E-state index in [2.05, 4.69) is 34.5 Å². The number of carbonyl (C=O) groups is 2. The Labute approximate surface area is 309 Å². The predicted octanol–water partition coefficient (Wildman–Crippen LogP) is 6.54. The van der Waals surface area contributed by atoms with Crippen molar-refractivity contribution in [3.05, 3.63) is 108 Å². The maximum Gasteiger partial charge on any atom is 0.256 e. The number of fused-ring (bicyclic) bond motifs is 1. The lowest BCUT2D eigenvalue weighted by molar-refractivity contribution is -0.125. The summed E-state index contributed by atoms with van der Waals surface area (Å²) in [6.45, 7) is 4.60. The molecule has 1 aliphatic heterocycles. The lowest BCUT2D eigenvalue weighted by atomic mass is 10.1. The molecule has 0 bridgehead atoms. The number of rotatable bonds is 15. The van der Waals surface area contributed by atoms with Gasteiger partial charge in [0.2, 0.25) is 5.91 Å². The summed E-state index contributed by atoms with van der Waals surface area (Å²) in [6.07, 6.45) is 12.3. The molecule has 3 aromatic heterocycles. The van der Waals surface area contributed by atoms with E-state index in [0.29, 0.717) is 60.0 Å². The van der Waals surface area contributed by atoms with Crippen LogP contribution in [0, 0.1) is 0 Å². The molecule has 2 fully saturated rings. The topological polar surface area (TPSA) is 127 Å². The smallest absolute Gasteiger partial charge is 0.256 e. The SMILES string of the molecule is CCCc1ccnc(NC(=O)c2ccc(Oc3ccnc4c3c(NC3CCN(C(=O)/C=C/CN(C)C5CC5)C3)nn4Cc3ccc(OC)cc3)cc2)c1. The summed E-state index contributed by atoms with van der Waals surface area (Å²) < 4.78 is 13.7. The van der Waals surface area contributed by atoms with Gasteiger partial charge in [-0.2, -0.15) is 5.10 Å². The third kappa shape index (κ3) is 8.83. The van der Waals surface area contributed by atoms with E-state index in [9.17, 15) is 9.59 Å². The molecule has 53 heavy (non-hydrogen) atoms. The van der Waals surface area contributed by atoms with Crippen molar-refractivity contribution in [3.8, 4) is 17.2 Å². The second-order valence-electron chi connectivity index (χ2n) is 13.7. The lowest BCUT2D eigenvalue weighted by Gasteiger charge is -2.16. The molecule has 5 aromatic rings. The number of ether oxygens (including phenoxy) is 2. The van der Waals surface area contributed by atoms with Gasteiger partial charge >= 0.3 is 0 Å². The van der Waals surface area contributed by atoms with E-state index < -0.39 is 0 Å². The molecule has 4 heterocycles. The number of hydrogen-bond acceptors (Lipinski definition) is 9. The average Bonchev–Trinajstić information content (AvgIpc) is 3.83. The number of hydrogen-bond donors (Lipinski definition) is 2. The van der Waals surface area contributed by atoms with Crippen LogP contribution in [0.5, 0.6) is 17.2 Å². The summed E-state index contributed by atoms with van der Waals surface area (Å²) in [5.74, 6) is 2.84. The van der Waals surface area contributed by atoms with Gasteiger partial charge in [-0.15, -0.1) is 0 Å². The standard InChI is InChI=1S/C41H46N8O4/c1-4-6-28-18-21-42-36(25-28)45-41(51)30-10-16-34(17-11-30)53-35-19-22-43-40-38(35)39(46-49(40)26-29-8-14-33(52-3)15-9-29)44-31-20-24-48(27-31)37(50)7-5-23-47(2)32-12-13-32/h5,7-11,14-19,21-22,25,31-32H,4,6,12-13,20,23-24,26-27H2,1-3H3,(H,44,46)(H,42,45,51)/b7-5+. The molecule has 2 aromatic carbocycles. The number of aryl methyl sites for hydroxylation is 1. The number of pyridine rings is 2. The zero-order valence-electron chi connectivity index (χ0n) is 30.5. The Morgan fingerprint density at radius 3 is 2.49 bits per heavy atom. The van der Waals surface area contributed by atoms with Gasteiger partial charge in [-0.3, -0.25) is 14.5 Å². The second kappa shape index (κ2) is 16.3. The zero-order valence-corrected chi connectivity index (χ0v) is 30.5. The number of likely N-dealkylation sites (N-methyl/N-ethyl adjacent to an activating group) is 1. The molecule has 1 atom stereocenters. The normalized spacial score (nSPS) is 15.7. The quantitative estimate of drug-likeness (QED) is 0.116. The van der Waals surface area contributed by atoms with Gasteiger partial charge in [0, 0.05) is 61.8 Å². The van der Waals surface area contributed by atoms with E-state index in [-0.39, 0.29) is 17.9 Å². The first-order valence-electron chi connectivity index (χ1n) is 18.3. The minimum Gasteiger partial charge on any atom is -0.497 e. The van der Waals surface area contributed by atoms with E-state index in [1.165, 1.54) is 12.8 Å². The zero-order chi connectivity index (χ0) is 36.7. The van der Waals surface area contributed by atoms with Crippen molar-refractivity contribution in [2.45, 2.75) is 57.7 Å². The summed E-state index contributed by atoms with van der Waals surface area (Å²) in [6, 6.07) is 21.2. The van der Waals surface area contributed by atoms with Gasteiger partial charge in [0.05, 0.1) is 13.7 Å². The number of amides is 2. The molecule has 2 amide bonds. The van der Waals surface area contributed by atoms with Gasteiger partial charge in [-0.25, -0.2) is 14.6 Å². The minimum atomic E-state index is -0.250. The van der Waals surface area contributed by atoms with Crippen LogP contribution in [-0.4, -0.2) is 87.2 Å². The highest BCUT2D eigenvalue weighted by molar-refractivity contribution is 6.03. The molecule has 7 rings (SSSR count). The monoisotopic (exact) mass is 714 g/mol. The molecule has 1 saturated carbocycles. The van der Waals surface area contributed by atoms with E-state index >= 15 is 0 Å². The van der Waals surface area contributed by atoms with Crippen LogP contribution in [0.3, 0.4) is 0 Å². The number of aromatic nitrogens is 4. The van der Waals surface area contributed by atoms with Crippen molar-refractivity contribution in [2.75, 3.05) is 44.4 Å². The predicted molar refractivity (Wildman–Crippen MR) is 206 cm³/mol. The van der Waals surface area contributed by atoms with E-state index in [4.69, 9.17) is 19.6 Å². The Kier molecular flexibility index (Phi) is 11.0. The number of methoxy groups -OCH3 is 1. The fourth-order valence-corrected chi connectivity index (χ4v) is 6.61. The van der Waals surface area contributed by atoms with E-state index in [1.54, 1.807) is 49.8 Å². The summed E-state index contributed by atoms with van der Waals surface area (Å²) in [5, 5.41) is 12.2. The maximum atomic E-state index is 13.0. The molecule has 1 unspecified atom stereocenters. The Hall–Kier alpha value is -5.75. The molecule has 1 saturated heterocycles. The Balaban J connectivity index is 1.09. The highest BCUT2D eigenvalue weighted by Crippen LogP contribution is 2.35. The fourth-order valence-electron chi connectivity index (χ4n) is 6.61. The Bertz CT molecular complexity index is 2070. The van der Waals surface area contributed by atoms with Crippen molar-refractivity contribution >= 4 is 34.5 Å². The van der Waals surface area contributed by atoms with Gasteiger partial charge in [-0.05, 0) is 92.4 Å². The minimum absolute atomic E-state index is 0.00275. The van der Waals surface area contributed by atoms with Crippen LogP contribution in [0.4, 0.5) is 11.6 Å². The molecule has 12 heteroatoms. The Morgan fingerprint density at radius 2 is 1.74 bits per heavy atom. The van der Waals surface area contributed by atoms with Gasteiger partial charge in [0.15, 0.2) is 11.5 Å². The number of nitrogens with zero attached hydrogens (tertiary/aromatic N) is 6. The third-order valence-electron chi connectivity index (χ3n) is 9.70. The van der Waals surface area contributed by atoms with Crippen molar-refractivity contribution in [1.29, 1.82) is 0 Å². The molecule has 2 N–H and O–H groups in total. The molecule has 0 radical (unpaired) electrons. The highest BCUT2D eigenvalue weighted by Gasteiger charge is 2.28. The highest BCUT2D eigenvalue weighted by atomic mass is 16.5. The summed E-state index contributed by atoms with van der Waals surface area (Å²) in [5.41, 5.74) is 3.31. The van der Waals surface area contributed by atoms with Crippen LogP contribution in [0.2, 0.25) is 0 Å². The average molecular weight is 715 g/mol. The van der Waals surface area contributed by atoms with Crippen molar-refractivity contribution in [1.82, 2.24) is 29.5 Å². The van der Waals surface area contributed by atoms with Gasteiger partial charge in [-0.1, -0.05) is 31.6 Å². The molecular formula is C41H46N8O4. The summed E-state index contributed by atoms with van der Waals surface area (Å²) in [4.78, 5) is 39.3. The first kappa shape index (κ1) is 35.6. The summed E-state index contributed by atoms with van der Waals surface area (Å²) >= 11 is 0. The van der Waals surface area contributed by atoms with Crippen LogP contribution in [0.25, 0.3) is 11.0 Å². The summed E-state index contributed by atoms with van der Waals surface area (Å²) in [7, 11) is 3.75. The van der Waals surface area contributed by atoms with Crippen LogP contribution in [0.1, 0.15) is 54.1 Å². The molecule has 2 aliphatic rings. The van der Waals surface area contributed by atoms with Crippen molar-refractivity contribution in [3.63, 3.8) is 0 Å². The second-order valence-corrected chi connectivity index (χ2v) is 13.7. The number of anilines is 2. The maximum absolute atomic E-state index is 13.0. The molecule has 0 spiro atoms. The Morgan fingerprint density at radius 1 is 0.962 bits per heavy atom. The van der Waals surface area contributed by atoms with Crippen LogP contribution in [0.15, 0.2) is 91.3 Å². The van der Waals surface area contributed by atoms with Crippen LogP contribution < -0.4 is 20.1 Å². The van der Waals surface area contributed by atoms with Crippen molar-refractivity contribution < 1.29 is 19.1 Å². The first-order valence-corrected chi connectivity index (χ1v) is 18.3. The van der Waals surface area contributed by atoms with Gasteiger partial charge < -0.3 is 25.0 Å². The van der Waals surface area contributed by atoms with Gasteiger partial charge in [0.1, 0.15) is 28.5 Å². The molecular weight excluding hydrogens is 669 g/mol. The molecule has 274 valence electrons. The largest absolute Gasteiger partial charge is 0.497 e. The van der Waals surface area contributed by atoms with Crippen LogP contribution >= 0.6 is 0 Å². The number of likely N-dealkylation sites (tertiary alicyclic amines) is 1. The fraction of sp³-hybridized carbons (Fsp3) is 0.341. The van der Waals surface area contributed by atoms with Crippen molar-refractivity contribution in [2.24, 2.45) is 0 Å². The van der Waals surface area contributed by atoms with E-state index in [0.717, 1.165) is 48.1 Å². The van der Waals surface area contributed by atoms with E-state index in [1.807, 2.05) is 58.1 Å². The number of carbonyl (C=O) groups excluding carboxylic acids is 2. The lowest BCUT2D eigenvalue weighted by Crippen LogP contribution is -2.30.